The van der Waals surface area contributed by atoms with Crippen LogP contribution >= 0.6 is 0 Å². The Morgan fingerprint density at radius 3 is 2.53 bits per heavy atom. The van der Waals surface area contributed by atoms with Gasteiger partial charge in [0.1, 0.15) is 5.82 Å². The van der Waals surface area contributed by atoms with E-state index in [2.05, 4.69) is 21.8 Å². The van der Waals surface area contributed by atoms with Gasteiger partial charge in [0.15, 0.2) is 0 Å². The number of aromatic nitrogens is 2. The molecule has 0 aliphatic rings. The molecule has 0 aliphatic heterocycles. The second-order valence-electron chi connectivity index (χ2n) is 2.92. The molecule has 0 saturated heterocycles. The molecule has 0 amide bonds. The Labute approximate surface area is 88.0 Å². The average Bonchev–Trinajstić information content (AvgIpc) is 2.28. The van der Waals surface area contributed by atoms with Crippen molar-refractivity contribution < 1.29 is 0 Å². The molecule has 0 radical (unpaired) electrons. The average molecular weight is 195 g/mol. The van der Waals surface area contributed by atoms with E-state index in [1.807, 2.05) is 30.3 Å². The minimum atomic E-state index is 0.433. The molecule has 1 aromatic carbocycles. The van der Waals surface area contributed by atoms with Gasteiger partial charge in [0, 0.05) is 11.8 Å². The van der Waals surface area contributed by atoms with Crippen molar-refractivity contribution in [3.8, 4) is 11.8 Å². The number of hydrogen-bond acceptors (Lipinski definition) is 3. The third-order valence-corrected chi connectivity index (χ3v) is 1.77. The molecule has 0 aliphatic carbocycles. The lowest BCUT2D eigenvalue weighted by atomic mass is 10.2. The van der Waals surface area contributed by atoms with E-state index in [9.17, 15) is 0 Å². The zero-order valence-corrected chi connectivity index (χ0v) is 8.01. The summed E-state index contributed by atoms with van der Waals surface area (Å²) >= 11 is 0. The van der Waals surface area contributed by atoms with Crippen molar-refractivity contribution in [1.82, 2.24) is 9.97 Å². The molecule has 0 fully saturated rings. The molecule has 3 nitrogen and oxygen atoms in total. The molecule has 15 heavy (non-hydrogen) atoms. The summed E-state index contributed by atoms with van der Waals surface area (Å²) in [5.41, 5.74) is 6.44. The van der Waals surface area contributed by atoms with E-state index >= 15 is 0 Å². The zero-order chi connectivity index (χ0) is 10.5. The van der Waals surface area contributed by atoms with Gasteiger partial charge in [-0.1, -0.05) is 24.1 Å². The molecule has 0 unspecified atom stereocenters. The predicted molar refractivity (Wildman–Crippen MR) is 58.9 cm³/mol. The lowest BCUT2D eigenvalue weighted by Crippen LogP contribution is -1.94. The topological polar surface area (TPSA) is 51.8 Å². The van der Waals surface area contributed by atoms with E-state index < -0.39 is 0 Å². The fourth-order valence-electron chi connectivity index (χ4n) is 1.08. The normalized spacial score (nSPS) is 9.07. The van der Waals surface area contributed by atoms with Crippen LogP contribution in [0, 0.1) is 11.8 Å². The molecule has 3 heteroatoms. The second-order valence-corrected chi connectivity index (χ2v) is 2.92. The van der Waals surface area contributed by atoms with Gasteiger partial charge in [0.05, 0.1) is 0 Å². The van der Waals surface area contributed by atoms with Crippen molar-refractivity contribution in [3.63, 3.8) is 0 Å². The maximum Gasteiger partial charge on any atom is 0.207 e. The van der Waals surface area contributed by atoms with E-state index in [1.165, 1.54) is 0 Å². The van der Waals surface area contributed by atoms with Crippen LogP contribution in [0.5, 0.6) is 0 Å². The lowest BCUT2D eigenvalue weighted by molar-refractivity contribution is 1.14. The summed E-state index contributed by atoms with van der Waals surface area (Å²) in [5.74, 6) is 6.68. The van der Waals surface area contributed by atoms with E-state index in [0.29, 0.717) is 11.6 Å². The van der Waals surface area contributed by atoms with Gasteiger partial charge in [-0.15, -0.1) is 0 Å². The molecule has 72 valence electrons. The molecule has 0 saturated carbocycles. The Hall–Kier alpha value is -2.34. The molecular formula is C12H9N3. The third-order valence-electron chi connectivity index (χ3n) is 1.77. The molecule has 2 N–H and O–H groups in total. The number of rotatable bonds is 0. The fourth-order valence-corrected chi connectivity index (χ4v) is 1.08. The SMILES string of the molecule is Nc1ccnc(C#Cc2ccccc2)n1. The highest BCUT2D eigenvalue weighted by molar-refractivity contribution is 5.39. The maximum absolute atomic E-state index is 5.51. The van der Waals surface area contributed by atoms with Crippen LogP contribution in [0.2, 0.25) is 0 Å². The highest BCUT2D eigenvalue weighted by Gasteiger charge is 1.90. The quantitative estimate of drug-likeness (QED) is 0.647. The van der Waals surface area contributed by atoms with Gasteiger partial charge in [-0.05, 0) is 24.1 Å². The van der Waals surface area contributed by atoms with Crippen LogP contribution < -0.4 is 5.73 Å². The summed E-state index contributed by atoms with van der Waals surface area (Å²) in [6.07, 6.45) is 1.59. The van der Waals surface area contributed by atoms with E-state index in [4.69, 9.17) is 5.73 Å². The van der Waals surface area contributed by atoms with Crippen molar-refractivity contribution in [2.75, 3.05) is 5.73 Å². The highest BCUT2D eigenvalue weighted by Crippen LogP contribution is 1.97. The Balaban J connectivity index is 2.26. The number of nitrogen functional groups attached to an aromatic ring is 1. The van der Waals surface area contributed by atoms with Crippen molar-refractivity contribution >= 4 is 5.82 Å². The van der Waals surface area contributed by atoms with Gasteiger partial charge in [0.2, 0.25) is 5.82 Å². The Kier molecular flexibility index (Phi) is 2.61. The summed E-state index contributed by atoms with van der Waals surface area (Å²) in [5, 5.41) is 0. The standard InChI is InChI=1S/C12H9N3/c13-11-8-9-14-12(15-11)7-6-10-4-2-1-3-5-10/h1-5,8-9H,(H2,13,14,15). The monoisotopic (exact) mass is 195 g/mol. The van der Waals surface area contributed by atoms with Gasteiger partial charge in [-0.2, -0.15) is 0 Å². The van der Waals surface area contributed by atoms with Crippen molar-refractivity contribution in [1.29, 1.82) is 0 Å². The van der Waals surface area contributed by atoms with Gasteiger partial charge >= 0.3 is 0 Å². The molecule has 1 heterocycles. The van der Waals surface area contributed by atoms with Crippen LogP contribution in [0.4, 0.5) is 5.82 Å². The molecule has 0 spiro atoms. The molecule has 2 rings (SSSR count). The van der Waals surface area contributed by atoms with Gasteiger partial charge < -0.3 is 5.73 Å². The predicted octanol–water partition coefficient (Wildman–Crippen LogP) is 1.46. The van der Waals surface area contributed by atoms with E-state index in [1.54, 1.807) is 12.3 Å². The summed E-state index contributed by atoms with van der Waals surface area (Å²) in [4.78, 5) is 7.97. The first kappa shape index (κ1) is 9.22. The summed E-state index contributed by atoms with van der Waals surface area (Å²) in [6, 6.07) is 11.3. The summed E-state index contributed by atoms with van der Waals surface area (Å²) in [7, 11) is 0. The van der Waals surface area contributed by atoms with E-state index in [0.717, 1.165) is 5.56 Å². The number of nitrogens with two attached hydrogens (primary N) is 1. The molecule has 0 bridgehead atoms. The van der Waals surface area contributed by atoms with Crippen LogP contribution in [0.15, 0.2) is 42.6 Å². The van der Waals surface area contributed by atoms with Crippen LogP contribution in [-0.2, 0) is 0 Å². The second kappa shape index (κ2) is 4.25. The molecule has 2 aromatic rings. The highest BCUT2D eigenvalue weighted by atomic mass is 14.9. The fraction of sp³-hybridized carbons (Fsp3) is 0. The Bertz CT molecular complexity index is 509. The first-order chi connectivity index (χ1) is 7.34. The summed E-state index contributed by atoms with van der Waals surface area (Å²) in [6.45, 7) is 0. The lowest BCUT2D eigenvalue weighted by Gasteiger charge is -1.91. The van der Waals surface area contributed by atoms with Crippen molar-refractivity contribution in [2.45, 2.75) is 0 Å². The third kappa shape index (κ3) is 2.55. The number of anilines is 1. The van der Waals surface area contributed by atoms with Crippen molar-refractivity contribution in [2.24, 2.45) is 0 Å². The van der Waals surface area contributed by atoms with Crippen LogP contribution in [0.1, 0.15) is 11.4 Å². The smallest absolute Gasteiger partial charge is 0.207 e. The van der Waals surface area contributed by atoms with Gasteiger partial charge in [-0.25, -0.2) is 9.97 Å². The first-order valence-corrected chi connectivity index (χ1v) is 4.50. The van der Waals surface area contributed by atoms with E-state index in [-0.39, 0.29) is 0 Å². The van der Waals surface area contributed by atoms with Gasteiger partial charge in [0.25, 0.3) is 0 Å². The maximum atomic E-state index is 5.51. The first-order valence-electron chi connectivity index (χ1n) is 4.50. The minimum Gasteiger partial charge on any atom is -0.384 e. The molecule has 0 atom stereocenters. The van der Waals surface area contributed by atoms with Crippen LogP contribution in [0.25, 0.3) is 0 Å². The van der Waals surface area contributed by atoms with Crippen LogP contribution in [-0.4, -0.2) is 9.97 Å². The molecule has 1 aromatic heterocycles. The Morgan fingerprint density at radius 1 is 1.00 bits per heavy atom. The minimum absolute atomic E-state index is 0.433. The number of benzene rings is 1. The van der Waals surface area contributed by atoms with Gasteiger partial charge in [-0.3, -0.25) is 0 Å². The largest absolute Gasteiger partial charge is 0.384 e. The Morgan fingerprint density at radius 2 is 1.80 bits per heavy atom. The summed E-state index contributed by atoms with van der Waals surface area (Å²) < 4.78 is 0. The van der Waals surface area contributed by atoms with Crippen molar-refractivity contribution in [3.05, 3.63) is 54.0 Å². The molecular weight excluding hydrogens is 186 g/mol. The zero-order valence-electron chi connectivity index (χ0n) is 8.01. The number of nitrogens with zero attached hydrogens (tertiary/aromatic N) is 2. The number of hydrogen-bond donors (Lipinski definition) is 1. The van der Waals surface area contributed by atoms with Crippen LogP contribution in [0.3, 0.4) is 0 Å².